The van der Waals surface area contributed by atoms with Crippen molar-refractivity contribution in [1.82, 2.24) is 4.57 Å². The van der Waals surface area contributed by atoms with Crippen LogP contribution in [0.1, 0.15) is 42.6 Å². The predicted octanol–water partition coefficient (Wildman–Crippen LogP) is 2.35. The first kappa shape index (κ1) is 17.0. The number of benzene rings is 1. The number of halogens is 1. The molecule has 2 aromatic rings. The van der Waals surface area contributed by atoms with Crippen LogP contribution in [0.3, 0.4) is 0 Å². The lowest BCUT2D eigenvalue weighted by molar-refractivity contribution is 0.0695. The quantitative estimate of drug-likeness (QED) is 0.875. The van der Waals surface area contributed by atoms with Gasteiger partial charge >= 0.3 is 5.97 Å². The van der Waals surface area contributed by atoms with Gasteiger partial charge in [-0.2, -0.15) is 0 Å². The molecule has 2 heterocycles. The first-order chi connectivity index (χ1) is 12.3. The van der Waals surface area contributed by atoms with Crippen LogP contribution in [0.5, 0.6) is 0 Å². The number of nitrogens with zero attached hydrogens (tertiary/aromatic N) is 2. The first-order valence-electron chi connectivity index (χ1n) is 8.90. The minimum Gasteiger partial charge on any atom is -0.477 e. The van der Waals surface area contributed by atoms with Gasteiger partial charge in [-0.15, -0.1) is 0 Å². The molecular weight excluding hydrogens is 337 g/mol. The summed E-state index contributed by atoms with van der Waals surface area (Å²) in [6, 6.07) is 3.05. The predicted molar refractivity (Wildman–Crippen MR) is 97.4 cm³/mol. The smallest absolute Gasteiger partial charge is 0.341 e. The Morgan fingerprint density at radius 1 is 1.42 bits per heavy atom. The molecule has 1 unspecified atom stereocenters. The molecule has 3 N–H and O–H groups in total. The monoisotopic (exact) mass is 359 g/mol. The van der Waals surface area contributed by atoms with Crippen LogP contribution in [0.25, 0.3) is 10.9 Å². The summed E-state index contributed by atoms with van der Waals surface area (Å²) in [4.78, 5) is 25.9. The van der Waals surface area contributed by atoms with Crippen LogP contribution < -0.4 is 16.1 Å². The van der Waals surface area contributed by atoms with Crippen molar-refractivity contribution in [1.29, 1.82) is 0 Å². The highest BCUT2D eigenvalue weighted by Crippen LogP contribution is 2.39. The molecule has 0 bridgehead atoms. The molecule has 2 aliphatic rings. The summed E-state index contributed by atoms with van der Waals surface area (Å²) in [6.45, 7) is 3.99. The standard InChI is InChI=1S/C19H22FN3O3/c1-19(9-21)4-5-22(10-19)16-7-15-12(6-14(16)20)17(24)13(18(25)26)8-23(15)11-2-3-11/h6-8,11H,2-5,9-10,21H2,1H3,(H,25,26). The van der Waals surface area contributed by atoms with Gasteiger partial charge in [0.1, 0.15) is 11.4 Å². The summed E-state index contributed by atoms with van der Waals surface area (Å²) in [7, 11) is 0. The van der Waals surface area contributed by atoms with Crippen molar-refractivity contribution in [3.8, 4) is 0 Å². The van der Waals surface area contributed by atoms with Gasteiger partial charge in [-0.25, -0.2) is 9.18 Å². The van der Waals surface area contributed by atoms with E-state index in [1.807, 2.05) is 9.47 Å². The molecule has 6 nitrogen and oxygen atoms in total. The highest BCUT2D eigenvalue weighted by molar-refractivity contribution is 5.93. The maximum absolute atomic E-state index is 14.8. The molecule has 0 amide bonds. The Balaban J connectivity index is 1.89. The zero-order valence-corrected chi connectivity index (χ0v) is 14.7. The van der Waals surface area contributed by atoms with Gasteiger partial charge in [-0.3, -0.25) is 4.79 Å². The maximum atomic E-state index is 14.8. The number of pyridine rings is 1. The van der Waals surface area contributed by atoms with Crippen LogP contribution >= 0.6 is 0 Å². The summed E-state index contributed by atoms with van der Waals surface area (Å²) >= 11 is 0. The number of hydrogen-bond acceptors (Lipinski definition) is 4. The van der Waals surface area contributed by atoms with E-state index in [1.54, 1.807) is 6.07 Å². The third-order valence-corrected chi connectivity index (χ3v) is 5.66. The average Bonchev–Trinajstić information content (AvgIpc) is 3.37. The minimum absolute atomic E-state index is 0.0509. The summed E-state index contributed by atoms with van der Waals surface area (Å²) < 4.78 is 16.6. The van der Waals surface area contributed by atoms with Crippen LogP contribution in [0.15, 0.2) is 23.1 Å². The Bertz CT molecular complexity index is 967. The second-order valence-corrected chi connectivity index (χ2v) is 7.82. The van der Waals surface area contributed by atoms with Crippen molar-refractivity contribution in [2.24, 2.45) is 11.1 Å². The van der Waals surface area contributed by atoms with Gasteiger partial charge in [-0.05, 0) is 43.4 Å². The van der Waals surface area contributed by atoms with E-state index in [0.717, 1.165) is 19.3 Å². The van der Waals surface area contributed by atoms with Gasteiger partial charge in [-0.1, -0.05) is 6.92 Å². The number of aromatic nitrogens is 1. The molecule has 0 spiro atoms. The lowest BCUT2D eigenvalue weighted by Crippen LogP contribution is -2.31. The SMILES string of the molecule is CC1(CN)CCN(c2cc3c(cc2F)c(=O)c(C(=O)O)cn3C2CC2)C1. The molecule has 1 aromatic heterocycles. The summed E-state index contributed by atoms with van der Waals surface area (Å²) in [5, 5.41) is 9.43. The molecule has 1 saturated heterocycles. The molecule has 2 fully saturated rings. The number of hydrogen-bond donors (Lipinski definition) is 2. The Hall–Kier alpha value is -2.41. The average molecular weight is 359 g/mol. The van der Waals surface area contributed by atoms with Crippen molar-refractivity contribution >= 4 is 22.6 Å². The molecule has 0 radical (unpaired) electrons. The molecule has 1 aliphatic heterocycles. The topological polar surface area (TPSA) is 88.6 Å². The lowest BCUT2D eigenvalue weighted by Gasteiger charge is -2.25. The Morgan fingerprint density at radius 3 is 2.73 bits per heavy atom. The first-order valence-corrected chi connectivity index (χ1v) is 8.90. The number of aromatic carboxylic acids is 1. The third-order valence-electron chi connectivity index (χ3n) is 5.66. The summed E-state index contributed by atoms with van der Waals surface area (Å²) in [5.41, 5.74) is 5.90. The highest BCUT2D eigenvalue weighted by atomic mass is 19.1. The van der Waals surface area contributed by atoms with E-state index in [1.165, 1.54) is 12.3 Å². The number of carboxylic acid groups (broad SMARTS) is 1. The third kappa shape index (κ3) is 2.67. The van der Waals surface area contributed by atoms with Crippen molar-refractivity contribution in [3.63, 3.8) is 0 Å². The molecular formula is C19H22FN3O3. The van der Waals surface area contributed by atoms with Crippen LogP contribution in [-0.2, 0) is 0 Å². The van der Waals surface area contributed by atoms with Crippen LogP contribution in [0.4, 0.5) is 10.1 Å². The van der Waals surface area contributed by atoms with Gasteiger partial charge < -0.3 is 20.3 Å². The molecule has 1 aliphatic carbocycles. The minimum atomic E-state index is -1.28. The second kappa shape index (κ2) is 5.81. The van der Waals surface area contributed by atoms with Crippen molar-refractivity contribution < 1.29 is 14.3 Å². The Kier molecular flexibility index (Phi) is 3.80. The molecule has 1 aromatic carbocycles. The lowest BCUT2D eigenvalue weighted by atomic mass is 9.90. The Labute approximate surface area is 150 Å². The van der Waals surface area contributed by atoms with E-state index in [9.17, 15) is 19.1 Å². The number of rotatable bonds is 4. The highest BCUT2D eigenvalue weighted by Gasteiger charge is 2.34. The van der Waals surface area contributed by atoms with Crippen molar-refractivity contribution in [3.05, 3.63) is 39.9 Å². The van der Waals surface area contributed by atoms with Gasteiger partial charge in [0.15, 0.2) is 0 Å². The van der Waals surface area contributed by atoms with Gasteiger partial charge in [0, 0.05) is 30.7 Å². The number of anilines is 1. The summed E-state index contributed by atoms with van der Waals surface area (Å²) in [5.74, 6) is -1.78. The molecule has 1 saturated carbocycles. The van der Waals surface area contributed by atoms with Gasteiger partial charge in [0.2, 0.25) is 5.43 Å². The maximum Gasteiger partial charge on any atom is 0.341 e. The summed E-state index contributed by atoms with van der Waals surface area (Å²) in [6.07, 6.45) is 4.14. The second-order valence-electron chi connectivity index (χ2n) is 7.82. The fourth-order valence-corrected chi connectivity index (χ4v) is 3.80. The van der Waals surface area contributed by atoms with E-state index in [4.69, 9.17) is 5.73 Å². The van der Waals surface area contributed by atoms with Crippen molar-refractivity contribution in [2.75, 3.05) is 24.5 Å². The van der Waals surface area contributed by atoms with E-state index in [2.05, 4.69) is 6.92 Å². The number of carbonyl (C=O) groups is 1. The van der Waals surface area contributed by atoms with Crippen molar-refractivity contribution in [2.45, 2.75) is 32.2 Å². The molecule has 26 heavy (non-hydrogen) atoms. The molecule has 7 heteroatoms. The number of carboxylic acids is 1. The molecule has 138 valence electrons. The fraction of sp³-hybridized carbons (Fsp3) is 0.474. The van der Waals surface area contributed by atoms with Gasteiger partial charge in [0.05, 0.1) is 11.2 Å². The Morgan fingerprint density at radius 2 is 2.15 bits per heavy atom. The number of nitrogens with two attached hydrogens (primary N) is 1. The van der Waals surface area contributed by atoms with E-state index >= 15 is 0 Å². The van der Waals surface area contributed by atoms with Crippen LogP contribution in [0.2, 0.25) is 0 Å². The van der Waals surface area contributed by atoms with E-state index < -0.39 is 17.2 Å². The zero-order chi connectivity index (χ0) is 18.6. The normalized spacial score (nSPS) is 23.0. The van der Waals surface area contributed by atoms with Crippen LogP contribution in [0, 0.1) is 11.2 Å². The fourth-order valence-electron chi connectivity index (χ4n) is 3.80. The van der Waals surface area contributed by atoms with E-state index in [0.29, 0.717) is 30.8 Å². The molecule has 4 rings (SSSR count). The van der Waals surface area contributed by atoms with E-state index in [-0.39, 0.29) is 22.4 Å². The largest absolute Gasteiger partial charge is 0.477 e. The number of fused-ring (bicyclic) bond motifs is 1. The molecule has 1 atom stereocenters. The van der Waals surface area contributed by atoms with Crippen LogP contribution in [-0.4, -0.2) is 35.3 Å². The van der Waals surface area contributed by atoms with Gasteiger partial charge in [0.25, 0.3) is 0 Å². The zero-order valence-electron chi connectivity index (χ0n) is 14.7.